The minimum atomic E-state index is -4.65. The molecule has 3 heterocycles. The molecule has 160 valence electrons. The summed E-state index contributed by atoms with van der Waals surface area (Å²) in [6.45, 7) is -0.673. The van der Waals surface area contributed by atoms with Gasteiger partial charge in [-0.2, -0.15) is 4.31 Å². The van der Waals surface area contributed by atoms with Crippen molar-refractivity contribution in [1.82, 2.24) is 14.2 Å². The summed E-state index contributed by atoms with van der Waals surface area (Å²) < 4.78 is 26.7. The summed E-state index contributed by atoms with van der Waals surface area (Å²) >= 11 is 0. The maximum atomic E-state index is 13.0. The molecule has 2 unspecified atom stereocenters. The number of carbonyl (C=O) groups excluding carboxylic acids is 4. The maximum Gasteiger partial charge on any atom is 0.310 e. The van der Waals surface area contributed by atoms with E-state index in [-0.39, 0.29) is 25.1 Å². The second-order valence-electron chi connectivity index (χ2n) is 7.94. The standard InChI is InChI=1S/C19H22N4O6S/c20-18(27)19-14(8-10-22(19)16(25)7-6-12-4-5-12)23(11-15(19)24)30(28,29)17(26)13-3-1-2-9-21-13/h1-3,9,12,14H,4-8,10-11H2,(H2,20,27). The second kappa shape index (κ2) is 7.24. The molecule has 30 heavy (non-hydrogen) atoms. The van der Waals surface area contributed by atoms with Crippen molar-refractivity contribution in [2.24, 2.45) is 11.7 Å². The van der Waals surface area contributed by atoms with E-state index in [1.807, 2.05) is 0 Å². The van der Waals surface area contributed by atoms with E-state index in [1.54, 1.807) is 0 Å². The summed E-state index contributed by atoms with van der Waals surface area (Å²) in [5.74, 6) is -1.77. The molecule has 2 atom stereocenters. The molecule has 4 rings (SSSR count). The Morgan fingerprint density at radius 1 is 1.20 bits per heavy atom. The van der Waals surface area contributed by atoms with Crippen molar-refractivity contribution in [3.8, 4) is 0 Å². The second-order valence-corrected chi connectivity index (χ2v) is 9.73. The third-order valence-electron chi connectivity index (χ3n) is 6.16. The molecule has 11 heteroatoms. The van der Waals surface area contributed by atoms with Gasteiger partial charge >= 0.3 is 5.12 Å². The van der Waals surface area contributed by atoms with Crippen molar-refractivity contribution in [2.45, 2.75) is 43.7 Å². The van der Waals surface area contributed by atoms with Crippen LogP contribution in [0.3, 0.4) is 0 Å². The number of nitrogens with zero attached hydrogens (tertiary/aromatic N) is 3. The number of sulfonamides is 1. The molecule has 3 fully saturated rings. The van der Waals surface area contributed by atoms with Crippen LogP contribution >= 0.6 is 0 Å². The summed E-state index contributed by atoms with van der Waals surface area (Å²) in [6.07, 6.45) is 4.25. The van der Waals surface area contributed by atoms with Crippen molar-refractivity contribution < 1.29 is 27.6 Å². The average Bonchev–Trinajstić information content (AvgIpc) is 3.38. The van der Waals surface area contributed by atoms with Gasteiger partial charge < -0.3 is 10.6 Å². The normalized spacial score (nSPS) is 26.6. The fourth-order valence-corrected chi connectivity index (χ4v) is 5.96. The molecular formula is C19H22N4O6S. The van der Waals surface area contributed by atoms with Crippen LogP contribution < -0.4 is 5.73 Å². The molecule has 1 aromatic rings. The van der Waals surface area contributed by atoms with E-state index in [1.165, 1.54) is 24.4 Å². The van der Waals surface area contributed by atoms with Gasteiger partial charge in [-0.1, -0.05) is 18.9 Å². The molecule has 1 aromatic heterocycles. The third kappa shape index (κ3) is 3.03. The lowest BCUT2D eigenvalue weighted by molar-refractivity contribution is -0.149. The number of carbonyl (C=O) groups is 4. The number of amides is 2. The highest BCUT2D eigenvalue weighted by atomic mass is 32.2. The lowest BCUT2D eigenvalue weighted by atomic mass is 9.89. The summed E-state index contributed by atoms with van der Waals surface area (Å²) in [5, 5.41) is -1.27. The quantitative estimate of drug-likeness (QED) is 0.591. The molecule has 2 amide bonds. The molecule has 0 bridgehead atoms. The van der Waals surface area contributed by atoms with E-state index >= 15 is 0 Å². The zero-order valence-electron chi connectivity index (χ0n) is 16.2. The predicted molar refractivity (Wildman–Crippen MR) is 103 cm³/mol. The molecule has 0 spiro atoms. The van der Waals surface area contributed by atoms with Crippen LogP contribution in [0, 0.1) is 5.92 Å². The Morgan fingerprint density at radius 2 is 1.93 bits per heavy atom. The Morgan fingerprint density at radius 3 is 2.53 bits per heavy atom. The zero-order valence-corrected chi connectivity index (χ0v) is 17.0. The van der Waals surface area contributed by atoms with Crippen molar-refractivity contribution in [2.75, 3.05) is 13.1 Å². The first-order valence-corrected chi connectivity index (χ1v) is 11.3. The first-order chi connectivity index (χ1) is 14.2. The molecule has 2 N–H and O–H groups in total. The van der Waals surface area contributed by atoms with Crippen LogP contribution in [0.2, 0.25) is 0 Å². The first-order valence-electron chi connectivity index (χ1n) is 9.81. The highest BCUT2D eigenvalue weighted by Crippen LogP contribution is 2.42. The van der Waals surface area contributed by atoms with Crippen LogP contribution in [0.4, 0.5) is 0 Å². The fraction of sp³-hybridized carbons (Fsp3) is 0.526. The Hall–Kier alpha value is -2.66. The van der Waals surface area contributed by atoms with Crippen molar-refractivity contribution in [1.29, 1.82) is 0 Å². The zero-order chi connectivity index (χ0) is 21.7. The molecule has 0 radical (unpaired) electrons. The molecular weight excluding hydrogens is 412 g/mol. The van der Waals surface area contributed by atoms with Gasteiger partial charge in [0.15, 0.2) is 11.3 Å². The van der Waals surface area contributed by atoms with Crippen LogP contribution in [0.1, 0.15) is 42.6 Å². The molecule has 2 aliphatic heterocycles. The third-order valence-corrected chi connectivity index (χ3v) is 7.84. The highest BCUT2D eigenvalue weighted by molar-refractivity contribution is 8.04. The average molecular weight is 434 g/mol. The van der Waals surface area contributed by atoms with E-state index in [0.717, 1.165) is 17.7 Å². The Bertz CT molecular complexity index is 1020. The van der Waals surface area contributed by atoms with Gasteiger partial charge in [0.25, 0.3) is 15.9 Å². The van der Waals surface area contributed by atoms with Crippen LogP contribution in [0.25, 0.3) is 0 Å². The van der Waals surface area contributed by atoms with Crippen LogP contribution in [0.5, 0.6) is 0 Å². The van der Waals surface area contributed by atoms with E-state index in [0.29, 0.717) is 16.6 Å². The predicted octanol–water partition coefficient (Wildman–Crippen LogP) is -0.548. The summed E-state index contributed by atoms with van der Waals surface area (Å²) in [7, 11) is -4.65. The van der Waals surface area contributed by atoms with Crippen LogP contribution in [-0.4, -0.2) is 70.0 Å². The summed E-state index contributed by atoms with van der Waals surface area (Å²) in [5.41, 5.74) is 3.22. The number of hydrogen-bond donors (Lipinski definition) is 1. The van der Waals surface area contributed by atoms with Crippen molar-refractivity contribution in [3.05, 3.63) is 30.1 Å². The van der Waals surface area contributed by atoms with Crippen LogP contribution in [0.15, 0.2) is 24.4 Å². The molecule has 10 nitrogen and oxygen atoms in total. The monoisotopic (exact) mass is 434 g/mol. The van der Waals surface area contributed by atoms with Crippen molar-refractivity contribution >= 4 is 32.7 Å². The van der Waals surface area contributed by atoms with Gasteiger partial charge in [0.1, 0.15) is 5.69 Å². The number of aromatic nitrogens is 1. The number of pyridine rings is 1. The summed E-state index contributed by atoms with van der Waals surface area (Å²) in [6, 6.07) is 3.05. The molecule has 0 aromatic carbocycles. The van der Waals surface area contributed by atoms with Gasteiger partial charge in [-0.3, -0.25) is 24.2 Å². The fourth-order valence-electron chi connectivity index (χ4n) is 4.48. The Labute approximate surface area is 173 Å². The maximum absolute atomic E-state index is 13.0. The number of hydrogen-bond acceptors (Lipinski definition) is 7. The number of nitrogens with two attached hydrogens (primary N) is 1. The van der Waals surface area contributed by atoms with Gasteiger partial charge in [0.05, 0.1) is 12.6 Å². The summed E-state index contributed by atoms with van der Waals surface area (Å²) in [4.78, 5) is 55.8. The molecule has 1 saturated carbocycles. The smallest absolute Gasteiger partial charge is 0.310 e. The molecule has 1 aliphatic carbocycles. The number of rotatable bonds is 6. The van der Waals surface area contributed by atoms with Gasteiger partial charge in [-0.25, -0.2) is 8.42 Å². The molecule has 2 saturated heterocycles. The first kappa shape index (κ1) is 20.6. The van der Waals surface area contributed by atoms with E-state index in [4.69, 9.17) is 5.73 Å². The minimum absolute atomic E-state index is 0.0205. The van der Waals surface area contributed by atoms with Gasteiger partial charge in [0.2, 0.25) is 5.91 Å². The van der Waals surface area contributed by atoms with Crippen molar-refractivity contribution in [3.63, 3.8) is 0 Å². The highest BCUT2D eigenvalue weighted by Gasteiger charge is 2.68. The number of likely N-dealkylation sites (tertiary alicyclic amines) is 1. The van der Waals surface area contributed by atoms with Gasteiger partial charge in [-0.15, -0.1) is 0 Å². The number of fused-ring (bicyclic) bond motifs is 1. The Kier molecular flexibility index (Phi) is 4.97. The number of ketones is 1. The molecule has 3 aliphatic rings. The lowest BCUT2D eigenvalue weighted by Crippen LogP contribution is -2.64. The Balaban J connectivity index is 1.66. The largest absolute Gasteiger partial charge is 0.367 e. The number of Topliss-reactive ketones (excluding diaryl/α,β-unsaturated/α-hetero) is 1. The topological polar surface area (TPSA) is 148 Å². The van der Waals surface area contributed by atoms with E-state index in [9.17, 15) is 27.6 Å². The van der Waals surface area contributed by atoms with E-state index in [2.05, 4.69) is 4.98 Å². The van der Waals surface area contributed by atoms with Crippen LogP contribution in [-0.2, 0) is 24.4 Å². The van der Waals surface area contributed by atoms with E-state index < -0.39 is 50.9 Å². The minimum Gasteiger partial charge on any atom is -0.367 e. The number of primary amides is 1. The van der Waals surface area contributed by atoms with Gasteiger partial charge in [-0.05, 0) is 30.9 Å². The SMILES string of the molecule is NC(=O)C12C(=O)CN(S(=O)(=O)C(=O)c3ccccn3)C1CCN2C(=O)CCC1CC1. The lowest BCUT2D eigenvalue weighted by Gasteiger charge is -2.34. The van der Waals surface area contributed by atoms with Gasteiger partial charge in [0, 0.05) is 19.2 Å².